The van der Waals surface area contributed by atoms with Gasteiger partial charge in [-0.3, -0.25) is 14.8 Å². The second-order valence-corrected chi connectivity index (χ2v) is 4.41. The standard InChI is InChI=1S/C13H13N5O2/c1-9(11-7-15-17(2)8-11)16-13-4-3-12(18(19)20)5-10(13)6-14/h3-5,7-9,16H,1-2H3. The van der Waals surface area contributed by atoms with E-state index in [0.717, 1.165) is 5.56 Å². The summed E-state index contributed by atoms with van der Waals surface area (Å²) in [5.74, 6) is 0. The Balaban J connectivity index is 2.25. The van der Waals surface area contributed by atoms with Gasteiger partial charge in [0.15, 0.2) is 0 Å². The molecule has 0 aliphatic rings. The van der Waals surface area contributed by atoms with E-state index in [2.05, 4.69) is 10.4 Å². The zero-order valence-electron chi connectivity index (χ0n) is 11.1. The van der Waals surface area contributed by atoms with Crippen LogP contribution in [0.25, 0.3) is 0 Å². The lowest BCUT2D eigenvalue weighted by Gasteiger charge is -2.14. The lowest BCUT2D eigenvalue weighted by molar-refractivity contribution is -0.384. The molecule has 2 aromatic rings. The number of hydrogen-bond donors (Lipinski definition) is 1. The Kier molecular flexibility index (Phi) is 3.66. The molecule has 0 saturated carbocycles. The van der Waals surface area contributed by atoms with Crippen molar-refractivity contribution >= 4 is 11.4 Å². The monoisotopic (exact) mass is 271 g/mol. The average molecular weight is 271 g/mol. The minimum Gasteiger partial charge on any atom is -0.377 e. The molecule has 1 unspecified atom stereocenters. The van der Waals surface area contributed by atoms with Crippen LogP contribution in [0, 0.1) is 21.4 Å². The Hall–Kier alpha value is -2.88. The molecule has 7 nitrogen and oxygen atoms in total. The molecule has 1 aromatic carbocycles. The quantitative estimate of drug-likeness (QED) is 0.680. The third-order valence-corrected chi connectivity index (χ3v) is 2.93. The zero-order valence-corrected chi connectivity index (χ0v) is 11.1. The number of anilines is 1. The fraction of sp³-hybridized carbons (Fsp3) is 0.231. The lowest BCUT2D eigenvalue weighted by Crippen LogP contribution is -2.07. The minimum atomic E-state index is -0.519. The van der Waals surface area contributed by atoms with Crippen LogP contribution in [0.5, 0.6) is 0 Å². The first kappa shape index (κ1) is 13.5. The van der Waals surface area contributed by atoms with Crippen LogP contribution in [0.3, 0.4) is 0 Å². The van der Waals surface area contributed by atoms with Crippen LogP contribution in [0.2, 0.25) is 0 Å². The highest BCUT2D eigenvalue weighted by Crippen LogP contribution is 2.25. The molecule has 0 spiro atoms. The fourth-order valence-corrected chi connectivity index (χ4v) is 1.84. The molecule has 20 heavy (non-hydrogen) atoms. The maximum absolute atomic E-state index is 10.7. The first-order valence-electron chi connectivity index (χ1n) is 5.95. The Labute approximate surface area is 115 Å². The van der Waals surface area contributed by atoms with Gasteiger partial charge in [-0.1, -0.05) is 0 Å². The number of non-ortho nitro benzene ring substituents is 1. The Morgan fingerprint density at radius 2 is 2.30 bits per heavy atom. The van der Waals surface area contributed by atoms with Crippen molar-refractivity contribution < 1.29 is 4.92 Å². The van der Waals surface area contributed by atoms with E-state index in [1.54, 1.807) is 16.9 Å². The van der Waals surface area contributed by atoms with Gasteiger partial charge >= 0.3 is 0 Å². The van der Waals surface area contributed by atoms with Gasteiger partial charge in [-0.05, 0) is 13.0 Å². The smallest absolute Gasteiger partial charge is 0.270 e. The summed E-state index contributed by atoms with van der Waals surface area (Å²) in [6.45, 7) is 1.93. The van der Waals surface area contributed by atoms with Gasteiger partial charge in [0.2, 0.25) is 0 Å². The van der Waals surface area contributed by atoms with Crippen LogP contribution in [-0.4, -0.2) is 14.7 Å². The highest BCUT2D eigenvalue weighted by molar-refractivity contribution is 5.62. The number of aryl methyl sites for hydroxylation is 1. The van der Waals surface area contributed by atoms with Crippen LogP contribution >= 0.6 is 0 Å². The summed E-state index contributed by atoms with van der Waals surface area (Å²) in [5, 5.41) is 27.0. The van der Waals surface area contributed by atoms with Gasteiger partial charge in [-0.25, -0.2) is 0 Å². The summed E-state index contributed by atoms with van der Waals surface area (Å²) in [7, 11) is 1.82. The molecule has 1 atom stereocenters. The summed E-state index contributed by atoms with van der Waals surface area (Å²) >= 11 is 0. The van der Waals surface area contributed by atoms with Crippen molar-refractivity contribution in [3.8, 4) is 6.07 Å². The number of aromatic nitrogens is 2. The average Bonchev–Trinajstić information content (AvgIpc) is 2.85. The predicted molar refractivity (Wildman–Crippen MR) is 73.1 cm³/mol. The molecule has 0 aliphatic carbocycles. The highest BCUT2D eigenvalue weighted by atomic mass is 16.6. The van der Waals surface area contributed by atoms with E-state index in [1.165, 1.54) is 12.1 Å². The summed E-state index contributed by atoms with van der Waals surface area (Å²) in [4.78, 5) is 10.2. The number of hydrogen-bond acceptors (Lipinski definition) is 5. The topological polar surface area (TPSA) is 96.8 Å². The van der Waals surface area contributed by atoms with Crippen LogP contribution < -0.4 is 5.32 Å². The van der Waals surface area contributed by atoms with E-state index in [-0.39, 0.29) is 17.3 Å². The maximum atomic E-state index is 10.7. The summed E-state index contributed by atoms with van der Waals surface area (Å²) in [6.07, 6.45) is 3.60. The van der Waals surface area contributed by atoms with Gasteiger partial charge in [-0.15, -0.1) is 0 Å². The van der Waals surface area contributed by atoms with Crippen molar-refractivity contribution in [2.24, 2.45) is 7.05 Å². The second kappa shape index (κ2) is 5.40. The molecule has 0 fully saturated rings. The van der Waals surface area contributed by atoms with Crippen LogP contribution in [-0.2, 0) is 7.05 Å². The van der Waals surface area contributed by atoms with Crippen molar-refractivity contribution in [3.63, 3.8) is 0 Å². The molecular weight excluding hydrogens is 258 g/mol. The van der Waals surface area contributed by atoms with Gasteiger partial charge in [0.05, 0.1) is 28.4 Å². The minimum absolute atomic E-state index is 0.0581. The van der Waals surface area contributed by atoms with Crippen molar-refractivity contribution in [1.82, 2.24) is 9.78 Å². The Bertz CT molecular complexity index is 686. The van der Waals surface area contributed by atoms with Crippen molar-refractivity contribution in [1.29, 1.82) is 5.26 Å². The molecule has 102 valence electrons. The number of nitro benzene ring substituents is 1. The number of nitriles is 1. The first-order chi connectivity index (χ1) is 9.51. The van der Waals surface area contributed by atoms with E-state index in [0.29, 0.717) is 5.69 Å². The SMILES string of the molecule is CC(Nc1ccc([N+](=O)[O-])cc1C#N)c1cnn(C)c1. The van der Waals surface area contributed by atoms with Crippen LogP contribution in [0.1, 0.15) is 24.1 Å². The summed E-state index contributed by atoms with van der Waals surface area (Å²) in [5.41, 5.74) is 1.68. The number of nitro groups is 1. The summed E-state index contributed by atoms with van der Waals surface area (Å²) in [6, 6.07) is 6.09. The van der Waals surface area contributed by atoms with Crippen molar-refractivity contribution in [3.05, 3.63) is 51.8 Å². The van der Waals surface area contributed by atoms with Gasteiger partial charge < -0.3 is 5.32 Å². The van der Waals surface area contributed by atoms with Gasteiger partial charge in [0.1, 0.15) is 6.07 Å². The third kappa shape index (κ3) is 2.75. The first-order valence-corrected chi connectivity index (χ1v) is 5.95. The molecule has 0 aliphatic heterocycles. The van der Waals surface area contributed by atoms with E-state index in [9.17, 15) is 10.1 Å². The largest absolute Gasteiger partial charge is 0.377 e. The molecule has 1 heterocycles. The van der Waals surface area contributed by atoms with Crippen molar-refractivity contribution in [2.45, 2.75) is 13.0 Å². The molecular formula is C13H13N5O2. The molecule has 0 saturated heterocycles. The molecule has 0 bridgehead atoms. The predicted octanol–water partition coefficient (Wildman–Crippen LogP) is 2.37. The molecule has 0 amide bonds. The number of rotatable bonds is 4. The van der Waals surface area contributed by atoms with E-state index < -0.39 is 4.92 Å². The third-order valence-electron chi connectivity index (χ3n) is 2.93. The zero-order chi connectivity index (χ0) is 14.7. The molecule has 1 aromatic heterocycles. The van der Waals surface area contributed by atoms with Gasteiger partial charge in [-0.2, -0.15) is 10.4 Å². The van der Waals surface area contributed by atoms with Crippen LogP contribution in [0.15, 0.2) is 30.6 Å². The maximum Gasteiger partial charge on any atom is 0.270 e. The highest BCUT2D eigenvalue weighted by Gasteiger charge is 2.13. The molecule has 1 N–H and O–H groups in total. The van der Waals surface area contributed by atoms with E-state index >= 15 is 0 Å². The molecule has 7 heteroatoms. The Morgan fingerprint density at radius 1 is 1.55 bits per heavy atom. The molecule has 0 radical (unpaired) electrons. The van der Waals surface area contributed by atoms with E-state index in [4.69, 9.17) is 5.26 Å². The van der Waals surface area contributed by atoms with E-state index in [1.807, 2.05) is 26.2 Å². The Morgan fingerprint density at radius 3 is 2.85 bits per heavy atom. The number of nitrogens with one attached hydrogen (secondary N) is 1. The normalized spacial score (nSPS) is 11.7. The lowest BCUT2D eigenvalue weighted by atomic mass is 10.1. The molecule has 2 rings (SSSR count). The van der Waals surface area contributed by atoms with Crippen molar-refractivity contribution in [2.75, 3.05) is 5.32 Å². The summed E-state index contributed by atoms with van der Waals surface area (Å²) < 4.78 is 1.69. The number of nitrogens with zero attached hydrogens (tertiary/aromatic N) is 4. The fourth-order valence-electron chi connectivity index (χ4n) is 1.84. The van der Waals surface area contributed by atoms with Gasteiger partial charge in [0.25, 0.3) is 5.69 Å². The number of benzene rings is 1. The van der Waals surface area contributed by atoms with Crippen LogP contribution in [0.4, 0.5) is 11.4 Å². The van der Waals surface area contributed by atoms with Gasteiger partial charge in [0, 0.05) is 30.9 Å². The second-order valence-electron chi connectivity index (χ2n) is 4.41.